The van der Waals surface area contributed by atoms with E-state index in [0.29, 0.717) is 13.2 Å². The highest BCUT2D eigenvalue weighted by molar-refractivity contribution is 5.21. The van der Waals surface area contributed by atoms with Crippen molar-refractivity contribution >= 4 is 0 Å². The Kier molecular flexibility index (Phi) is 5.00. The summed E-state index contributed by atoms with van der Waals surface area (Å²) < 4.78 is 10.8. The van der Waals surface area contributed by atoms with Crippen LogP contribution in [0.2, 0.25) is 0 Å². The number of ether oxygens (including phenoxy) is 1. The lowest BCUT2D eigenvalue weighted by Crippen LogP contribution is -2.11. The van der Waals surface area contributed by atoms with E-state index in [1.807, 2.05) is 12.1 Å². The van der Waals surface area contributed by atoms with Crippen LogP contribution in [0.5, 0.6) is 0 Å². The molecule has 1 heterocycles. The van der Waals surface area contributed by atoms with E-state index >= 15 is 0 Å². The molecule has 0 unspecified atom stereocenters. The van der Waals surface area contributed by atoms with E-state index < -0.39 is 0 Å². The maximum Gasteiger partial charge on any atom is 0.129 e. The summed E-state index contributed by atoms with van der Waals surface area (Å²) in [7, 11) is 0. The molecule has 0 aliphatic heterocycles. The van der Waals surface area contributed by atoms with Crippen LogP contribution in [0.4, 0.5) is 0 Å². The minimum Gasteiger partial charge on any atom is -0.467 e. The van der Waals surface area contributed by atoms with E-state index in [1.165, 1.54) is 11.1 Å². The standard InChI is InChI=1S/C15H19NO2/c1-2-16-10-13-5-7-14(8-6-13)11-17-12-15-4-3-9-18-15/h3-9,16H,2,10-12H2,1H3. The Morgan fingerprint density at radius 1 is 1.06 bits per heavy atom. The lowest BCUT2D eigenvalue weighted by atomic mass is 10.1. The van der Waals surface area contributed by atoms with Crippen LogP contribution in [0.3, 0.4) is 0 Å². The molecule has 0 atom stereocenters. The van der Waals surface area contributed by atoms with Crippen LogP contribution in [0.25, 0.3) is 0 Å². The van der Waals surface area contributed by atoms with Gasteiger partial charge in [-0.2, -0.15) is 0 Å². The first kappa shape index (κ1) is 12.9. The Balaban J connectivity index is 1.75. The molecule has 2 rings (SSSR count). The Morgan fingerprint density at radius 3 is 2.50 bits per heavy atom. The van der Waals surface area contributed by atoms with Gasteiger partial charge >= 0.3 is 0 Å². The summed E-state index contributed by atoms with van der Waals surface area (Å²) in [5, 5.41) is 3.30. The first-order valence-electron chi connectivity index (χ1n) is 6.27. The van der Waals surface area contributed by atoms with Crippen LogP contribution in [0.1, 0.15) is 23.8 Å². The third-order valence-corrected chi connectivity index (χ3v) is 2.70. The van der Waals surface area contributed by atoms with Gasteiger partial charge in [-0.25, -0.2) is 0 Å². The third-order valence-electron chi connectivity index (χ3n) is 2.70. The number of benzene rings is 1. The molecule has 96 valence electrons. The van der Waals surface area contributed by atoms with Gasteiger partial charge in [0.2, 0.25) is 0 Å². The van der Waals surface area contributed by atoms with Crippen molar-refractivity contribution in [1.82, 2.24) is 5.32 Å². The summed E-state index contributed by atoms with van der Waals surface area (Å²) in [4.78, 5) is 0. The van der Waals surface area contributed by atoms with E-state index in [4.69, 9.17) is 9.15 Å². The lowest BCUT2D eigenvalue weighted by Gasteiger charge is -2.05. The molecule has 0 radical (unpaired) electrons. The molecule has 1 aromatic heterocycles. The van der Waals surface area contributed by atoms with Crippen LogP contribution in [0.15, 0.2) is 47.1 Å². The molecule has 2 aromatic rings. The number of hydrogen-bond acceptors (Lipinski definition) is 3. The second-order valence-corrected chi connectivity index (χ2v) is 4.17. The van der Waals surface area contributed by atoms with Crippen molar-refractivity contribution in [2.45, 2.75) is 26.7 Å². The molecule has 0 aliphatic rings. The van der Waals surface area contributed by atoms with Gasteiger partial charge in [0.15, 0.2) is 0 Å². The maximum atomic E-state index is 5.58. The second kappa shape index (κ2) is 6.99. The minimum absolute atomic E-state index is 0.520. The largest absolute Gasteiger partial charge is 0.467 e. The third kappa shape index (κ3) is 4.02. The zero-order valence-corrected chi connectivity index (χ0v) is 10.7. The van der Waals surface area contributed by atoms with Crippen molar-refractivity contribution in [3.63, 3.8) is 0 Å². The van der Waals surface area contributed by atoms with Crippen molar-refractivity contribution < 1.29 is 9.15 Å². The van der Waals surface area contributed by atoms with Gasteiger partial charge < -0.3 is 14.5 Å². The Hall–Kier alpha value is -1.58. The summed E-state index contributed by atoms with van der Waals surface area (Å²) in [5.74, 6) is 0.860. The monoisotopic (exact) mass is 245 g/mol. The summed E-state index contributed by atoms with van der Waals surface area (Å²) in [6.45, 7) is 5.16. The zero-order chi connectivity index (χ0) is 12.6. The molecule has 0 amide bonds. The summed E-state index contributed by atoms with van der Waals surface area (Å²) in [6.07, 6.45) is 1.66. The van der Waals surface area contributed by atoms with Crippen molar-refractivity contribution in [3.05, 3.63) is 59.5 Å². The van der Waals surface area contributed by atoms with Gasteiger partial charge in [0.05, 0.1) is 12.9 Å². The fourth-order valence-corrected chi connectivity index (χ4v) is 1.69. The quantitative estimate of drug-likeness (QED) is 0.814. The van der Waals surface area contributed by atoms with Gasteiger partial charge in [0.1, 0.15) is 12.4 Å². The molecule has 0 saturated carbocycles. The van der Waals surface area contributed by atoms with E-state index in [9.17, 15) is 0 Å². The van der Waals surface area contributed by atoms with E-state index in [-0.39, 0.29) is 0 Å². The molecule has 0 fully saturated rings. The maximum absolute atomic E-state index is 5.58. The van der Waals surface area contributed by atoms with Crippen LogP contribution in [-0.2, 0) is 24.5 Å². The molecule has 3 heteroatoms. The Labute approximate surface area is 108 Å². The highest BCUT2D eigenvalue weighted by atomic mass is 16.5. The van der Waals surface area contributed by atoms with Gasteiger partial charge in [-0.3, -0.25) is 0 Å². The van der Waals surface area contributed by atoms with E-state index in [1.54, 1.807) is 6.26 Å². The lowest BCUT2D eigenvalue weighted by molar-refractivity contribution is 0.0929. The van der Waals surface area contributed by atoms with Crippen molar-refractivity contribution in [1.29, 1.82) is 0 Å². The van der Waals surface area contributed by atoms with Crippen LogP contribution in [0, 0.1) is 0 Å². The minimum atomic E-state index is 0.520. The Bertz CT molecular complexity index is 434. The van der Waals surface area contributed by atoms with Gasteiger partial charge in [-0.05, 0) is 29.8 Å². The fourth-order valence-electron chi connectivity index (χ4n) is 1.69. The fraction of sp³-hybridized carbons (Fsp3) is 0.333. The first-order chi connectivity index (χ1) is 8.88. The normalized spacial score (nSPS) is 10.7. The number of furan rings is 1. The molecule has 0 saturated heterocycles. The average molecular weight is 245 g/mol. The highest BCUT2D eigenvalue weighted by Crippen LogP contribution is 2.08. The van der Waals surface area contributed by atoms with E-state index in [2.05, 4.69) is 36.5 Å². The summed E-state index contributed by atoms with van der Waals surface area (Å²) in [5.41, 5.74) is 2.48. The van der Waals surface area contributed by atoms with Crippen molar-refractivity contribution in [2.75, 3.05) is 6.54 Å². The molecule has 1 N–H and O–H groups in total. The van der Waals surface area contributed by atoms with Crippen LogP contribution < -0.4 is 5.32 Å². The summed E-state index contributed by atoms with van der Waals surface area (Å²) in [6, 6.07) is 12.3. The average Bonchev–Trinajstić information content (AvgIpc) is 2.91. The molecule has 0 aliphatic carbocycles. The van der Waals surface area contributed by atoms with Gasteiger partial charge in [0, 0.05) is 6.54 Å². The number of hydrogen-bond donors (Lipinski definition) is 1. The smallest absolute Gasteiger partial charge is 0.129 e. The highest BCUT2D eigenvalue weighted by Gasteiger charge is 1.98. The predicted molar refractivity (Wildman–Crippen MR) is 71.0 cm³/mol. The second-order valence-electron chi connectivity index (χ2n) is 4.17. The molecule has 3 nitrogen and oxygen atoms in total. The topological polar surface area (TPSA) is 34.4 Å². The molecular formula is C15H19NO2. The van der Waals surface area contributed by atoms with Crippen LogP contribution >= 0.6 is 0 Å². The van der Waals surface area contributed by atoms with Gasteiger partial charge in [-0.1, -0.05) is 31.2 Å². The molecule has 0 bridgehead atoms. The summed E-state index contributed by atoms with van der Waals surface area (Å²) >= 11 is 0. The predicted octanol–water partition coefficient (Wildman–Crippen LogP) is 3.11. The number of rotatable bonds is 7. The van der Waals surface area contributed by atoms with Crippen molar-refractivity contribution in [2.24, 2.45) is 0 Å². The first-order valence-corrected chi connectivity index (χ1v) is 6.27. The van der Waals surface area contributed by atoms with Gasteiger partial charge in [-0.15, -0.1) is 0 Å². The molecule has 0 spiro atoms. The Morgan fingerprint density at radius 2 is 1.83 bits per heavy atom. The SMILES string of the molecule is CCNCc1ccc(COCc2ccco2)cc1. The zero-order valence-electron chi connectivity index (χ0n) is 10.7. The van der Waals surface area contributed by atoms with Crippen molar-refractivity contribution in [3.8, 4) is 0 Å². The number of nitrogens with one attached hydrogen (secondary N) is 1. The van der Waals surface area contributed by atoms with Gasteiger partial charge in [0.25, 0.3) is 0 Å². The molecule has 1 aromatic carbocycles. The molecule has 18 heavy (non-hydrogen) atoms. The molecular weight excluding hydrogens is 226 g/mol. The van der Waals surface area contributed by atoms with Crippen LogP contribution in [-0.4, -0.2) is 6.54 Å². The van der Waals surface area contributed by atoms with E-state index in [0.717, 1.165) is 18.8 Å².